The van der Waals surface area contributed by atoms with Gasteiger partial charge in [-0.25, -0.2) is 14.8 Å². The number of H-pyrrole nitrogens is 1. The van der Waals surface area contributed by atoms with Crippen molar-refractivity contribution in [2.75, 3.05) is 38.1 Å². The van der Waals surface area contributed by atoms with Crippen LogP contribution in [0.4, 0.5) is 5.69 Å². The molecule has 0 aliphatic carbocycles. The van der Waals surface area contributed by atoms with E-state index in [-0.39, 0.29) is 16.9 Å². The normalized spacial score (nSPS) is 17.2. The van der Waals surface area contributed by atoms with Gasteiger partial charge in [0.15, 0.2) is 0 Å². The summed E-state index contributed by atoms with van der Waals surface area (Å²) in [5.74, 6) is -0.186. The number of carbonyl (C=O) groups is 1. The second-order valence-electron chi connectivity index (χ2n) is 8.66. The molecule has 32 heavy (non-hydrogen) atoms. The van der Waals surface area contributed by atoms with Crippen LogP contribution in [0.5, 0.6) is 0 Å². The fourth-order valence-electron chi connectivity index (χ4n) is 4.77. The van der Waals surface area contributed by atoms with E-state index in [1.807, 2.05) is 12.1 Å². The first kappa shape index (κ1) is 20.4. The SMILES string of the molecule is CCn1c(=O)[nH]c2nc(CN3CC4(C3)CN(c3ccc(C(=O)NC)nc3)C4)ccc2c1=O. The van der Waals surface area contributed by atoms with E-state index >= 15 is 0 Å². The molecule has 0 unspecified atom stereocenters. The third-order valence-corrected chi connectivity index (χ3v) is 6.34. The molecule has 1 spiro atoms. The summed E-state index contributed by atoms with van der Waals surface area (Å²) in [6.45, 7) is 6.63. The molecular weight excluding hydrogens is 410 g/mol. The monoisotopic (exact) mass is 435 g/mol. The quantitative estimate of drug-likeness (QED) is 0.587. The van der Waals surface area contributed by atoms with Gasteiger partial charge in [0, 0.05) is 51.7 Å². The van der Waals surface area contributed by atoms with Crippen molar-refractivity contribution in [3.8, 4) is 0 Å². The Morgan fingerprint density at radius 1 is 1.16 bits per heavy atom. The topological polar surface area (TPSA) is 116 Å². The van der Waals surface area contributed by atoms with Gasteiger partial charge in [-0.2, -0.15) is 0 Å². The van der Waals surface area contributed by atoms with Gasteiger partial charge in [-0.15, -0.1) is 0 Å². The first-order chi connectivity index (χ1) is 15.4. The number of pyridine rings is 2. The number of anilines is 1. The maximum Gasteiger partial charge on any atom is 0.329 e. The van der Waals surface area contributed by atoms with Crippen LogP contribution in [-0.4, -0.2) is 63.6 Å². The minimum absolute atomic E-state index is 0.186. The highest BCUT2D eigenvalue weighted by molar-refractivity contribution is 5.92. The maximum absolute atomic E-state index is 12.4. The van der Waals surface area contributed by atoms with E-state index in [1.165, 1.54) is 4.57 Å². The number of hydrogen-bond donors (Lipinski definition) is 2. The van der Waals surface area contributed by atoms with Crippen molar-refractivity contribution < 1.29 is 4.79 Å². The van der Waals surface area contributed by atoms with Crippen LogP contribution < -0.4 is 21.5 Å². The van der Waals surface area contributed by atoms with E-state index in [2.05, 4.69) is 30.1 Å². The van der Waals surface area contributed by atoms with Gasteiger partial charge in [-0.05, 0) is 31.2 Å². The molecule has 5 rings (SSSR count). The molecule has 0 bridgehead atoms. The van der Waals surface area contributed by atoms with Gasteiger partial charge in [-0.1, -0.05) is 0 Å². The molecule has 3 aromatic heterocycles. The number of nitrogens with one attached hydrogen (secondary N) is 2. The molecule has 1 amide bonds. The number of rotatable bonds is 5. The van der Waals surface area contributed by atoms with Crippen LogP contribution in [0.3, 0.4) is 0 Å². The average Bonchev–Trinajstić information content (AvgIpc) is 2.74. The van der Waals surface area contributed by atoms with Crippen molar-refractivity contribution in [1.29, 1.82) is 0 Å². The number of aromatic amines is 1. The Balaban J connectivity index is 1.20. The highest BCUT2D eigenvalue weighted by Gasteiger charge is 2.51. The molecule has 5 heterocycles. The molecule has 0 radical (unpaired) electrons. The lowest BCUT2D eigenvalue weighted by Crippen LogP contribution is -2.72. The highest BCUT2D eigenvalue weighted by atomic mass is 16.2. The predicted octanol–water partition coefficient (Wildman–Crippen LogP) is 0.182. The summed E-state index contributed by atoms with van der Waals surface area (Å²) in [6, 6.07) is 7.29. The summed E-state index contributed by atoms with van der Waals surface area (Å²) >= 11 is 0. The molecule has 166 valence electrons. The molecule has 10 nitrogen and oxygen atoms in total. The van der Waals surface area contributed by atoms with Crippen molar-refractivity contribution in [2.24, 2.45) is 5.41 Å². The van der Waals surface area contributed by atoms with Gasteiger partial charge in [-0.3, -0.25) is 24.0 Å². The van der Waals surface area contributed by atoms with Crippen LogP contribution in [0, 0.1) is 5.41 Å². The van der Waals surface area contributed by atoms with Crippen molar-refractivity contribution >= 4 is 22.6 Å². The molecule has 0 atom stereocenters. The van der Waals surface area contributed by atoms with E-state index in [9.17, 15) is 14.4 Å². The van der Waals surface area contributed by atoms with Crippen LogP contribution in [0.2, 0.25) is 0 Å². The zero-order chi connectivity index (χ0) is 22.5. The van der Waals surface area contributed by atoms with E-state index in [0.29, 0.717) is 29.8 Å². The molecule has 10 heteroatoms. The molecule has 3 aromatic rings. The van der Waals surface area contributed by atoms with Gasteiger partial charge in [0.05, 0.1) is 23.0 Å². The number of carbonyl (C=O) groups excluding carboxylic acids is 1. The summed E-state index contributed by atoms with van der Waals surface area (Å²) in [4.78, 5) is 52.1. The Bertz CT molecular complexity index is 1300. The third kappa shape index (κ3) is 3.36. The first-order valence-corrected chi connectivity index (χ1v) is 10.7. The van der Waals surface area contributed by atoms with E-state index in [4.69, 9.17) is 0 Å². The van der Waals surface area contributed by atoms with Gasteiger partial charge >= 0.3 is 5.69 Å². The second kappa shape index (κ2) is 7.56. The Labute approximate surface area is 183 Å². The number of aromatic nitrogens is 4. The van der Waals surface area contributed by atoms with E-state index < -0.39 is 5.69 Å². The van der Waals surface area contributed by atoms with Crippen LogP contribution in [0.1, 0.15) is 23.1 Å². The average molecular weight is 435 g/mol. The fourth-order valence-corrected chi connectivity index (χ4v) is 4.77. The minimum atomic E-state index is -0.426. The number of hydrogen-bond acceptors (Lipinski definition) is 7. The lowest BCUT2D eigenvalue weighted by atomic mass is 9.72. The fraction of sp³-hybridized carbons (Fsp3) is 0.409. The van der Waals surface area contributed by atoms with Crippen LogP contribution in [0.15, 0.2) is 40.1 Å². The maximum atomic E-state index is 12.4. The molecule has 0 aromatic carbocycles. The molecule has 0 saturated carbocycles. The van der Waals surface area contributed by atoms with E-state index in [1.54, 1.807) is 32.3 Å². The standard InChI is InChI=1S/C22H25N7O3/c1-3-29-20(31)16-6-4-14(25-18(16)26-21(29)32)9-27-10-22(11-27)12-28(13-22)15-5-7-17(24-8-15)19(30)23-2/h4-8H,3,9-13H2,1-2H3,(H,23,30)(H,25,26,32). The largest absolute Gasteiger partial charge is 0.369 e. The summed E-state index contributed by atoms with van der Waals surface area (Å²) < 4.78 is 1.17. The third-order valence-electron chi connectivity index (χ3n) is 6.34. The van der Waals surface area contributed by atoms with Crippen molar-refractivity contribution in [3.63, 3.8) is 0 Å². The van der Waals surface area contributed by atoms with Gasteiger partial charge in [0.1, 0.15) is 11.3 Å². The Kier molecular flexibility index (Phi) is 4.81. The summed E-state index contributed by atoms with van der Waals surface area (Å²) in [6.07, 6.45) is 1.75. The number of amides is 1. The Morgan fingerprint density at radius 2 is 1.94 bits per heavy atom. The zero-order valence-corrected chi connectivity index (χ0v) is 18.1. The molecule has 2 N–H and O–H groups in total. The summed E-state index contributed by atoms with van der Waals surface area (Å²) in [5.41, 5.74) is 2.17. The first-order valence-electron chi connectivity index (χ1n) is 10.7. The van der Waals surface area contributed by atoms with Crippen molar-refractivity contribution in [2.45, 2.75) is 20.0 Å². The molecule has 2 aliphatic rings. The Morgan fingerprint density at radius 3 is 2.59 bits per heavy atom. The smallest absolute Gasteiger partial charge is 0.329 e. The number of fused-ring (bicyclic) bond motifs is 1. The predicted molar refractivity (Wildman–Crippen MR) is 120 cm³/mol. The van der Waals surface area contributed by atoms with Crippen LogP contribution in [0.25, 0.3) is 11.0 Å². The number of nitrogens with zero attached hydrogens (tertiary/aromatic N) is 5. The molecule has 2 fully saturated rings. The van der Waals surface area contributed by atoms with Crippen LogP contribution >= 0.6 is 0 Å². The molecule has 2 aliphatic heterocycles. The Hall–Kier alpha value is -3.53. The zero-order valence-electron chi connectivity index (χ0n) is 18.1. The van der Waals surface area contributed by atoms with E-state index in [0.717, 1.165) is 37.6 Å². The lowest BCUT2D eigenvalue weighted by Gasteiger charge is -2.61. The van der Waals surface area contributed by atoms with Crippen molar-refractivity contribution in [3.05, 3.63) is 62.7 Å². The summed E-state index contributed by atoms with van der Waals surface area (Å²) in [5, 5.41) is 3.01. The second-order valence-corrected chi connectivity index (χ2v) is 8.66. The van der Waals surface area contributed by atoms with Gasteiger partial charge in [0.2, 0.25) is 0 Å². The molecule has 2 saturated heterocycles. The molecular formula is C22H25N7O3. The highest BCUT2D eigenvalue weighted by Crippen LogP contribution is 2.42. The lowest BCUT2D eigenvalue weighted by molar-refractivity contribution is -0.0280. The minimum Gasteiger partial charge on any atom is -0.369 e. The van der Waals surface area contributed by atoms with Gasteiger partial charge < -0.3 is 10.2 Å². The number of likely N-dealkylation sites (tertiary alicyclic amines) is 1. The summed E-state index contributed by atoms with van der Waals surface area (Å²) in [7, 11) is 1.59. The van der Waals surface area contributed by atoms with Crippen molar-refractivity contribution in [1.82, 2.24) is 29.7 Å². The van der Waals surface area contributed by atoms with Crippen LogP contribution in [-0.2, 0) is 13.1 Å². The van der Waals surface area contributed by atoms with Gasteiger partial charge in [0.25, 0.3) is 11.5 Å².